The van der Waals surface area contributed by atoms with Crippen LogP contribution in [0.4, 0.5) is 10.5 Å². The Morgan fingerprint density at radius 3 is 2.18 bits per heavy atom. The van der Waals surface area contributed by atoms with Gasteiger partial charge >= 0.3 is 18.0 Å². The first-order valence-corrected chi connectivity index (χ1v) is 11.6. The van der Waals surface area contributed by atoms with Crippen molar-refractivity contribution in [3.63, 3.8) is 0 Å². The van der Waals surface area contributed by atoms with E-state index in [1.54, 1.807) is 26.0 Å². The molecule has 2 amide bonds. The topological polar surface area (TPSA) is 159 Å². The molecule has 0 aliphatic rings. The van der Waals surface area contributed by atoms with Crippen molar-refractivity contribution >= 4 is 41.7 Å². The lowest BCUT2D eigenvalue weighted by atomic mass is 10.0. The van der Waals surface area contributed by atoms with E-state index in [4.69, 9.17) is 14.2 Å². The Labute approximate surface area is 219 Å². The molecule has 0 aliphatic heterocycles. The number of hydrogen-bond donors (Lipinski definition) is 2. The minimum atomic E-state index is -1.07. The third kappa shape index (κ3) is 9.37. The third-order valence-electron chi connectivity index (χ3n) is 4.88. The molecular weight excluding hydrogens is 498 g/mol. The number of rotatable bonds is 12. The number of aliphatic imine (C=N–C) groups is 1. The maximum Gasteiger partial charge on any atom is 0.413 e. The second kappa shape index (κ2) is 14.7. The number of methoxy groups -OCH3 is 1. The molecule has 2 aromatic rings. The van der Waals surface area contributed by atoms with Crippen molar-refractivity contribution in [2.75, 3.05) is 20.3 Å². The van der Waals surface area contributed by atoms with Crippen LogP contribution >= 0.6 is 0 Å². The molecule has 0 spiro atoms. The molecule has 2 N–H and O–H groups in total. The van der Waals surface area contributed by atoms with Crippen LogP contribution < -0.4 is 15.4 Å². The number of hydrogen-bond acceptors (Lipinski definition) is 10. The van der Waals surface area contributed by atoms with Crippen LogP contribution in [0.5, 0.6) is 5.75 Å². The van der Waals surface area contributed by atoms with E-state index >= 15 is 0 Å². The molecule has 0 radical (unpaired) electrons. The molecule has 12 nitrogen and oxygen atoms in total. The van der Waals surface area contributed by atoms with Crippen molar-refractivity contribution in [1.29, 1.82) is 0 Å². The van der Waals surface area contributed by atoms with Gasteiger partial charge in [0, 0.05) is 11.1 Å². The predicted molar refractivity (Wildman–Crippen MR) is 136 cm³/mol. The van der Waals surface area contributed by atoms with Gasteiger partial charge in [-0.25, -0.2) is 19.4 Å². The first-order chi connectivity index (χ1) is 18.1. The summed E-state index contributed by atoms with van der Waals surface area (Å²) in [6.07, 6.45) is -0.883. The van der Waals surface area contributed by atoms with E-state index in [-0.39, 0.29) is 19.0 Å². The minimum Gasteiger partial charge on any atom is -0.482 e. The zero-order chi connectivity index (χ0) is 28.1. The van der Waals surface area contributed by atoms with Gasteiger partial charge in [-0.15, -0.1) is 0 Å². The summed E-state index contributed by atoms with van der Waals surface area (Å²) in [6.45, 7) is 4.64. The number of esters is 2. The lowest BCUT2D eigenvalue weighted by Gasteiger charge is -2.13. The fraction of sp³-hybridized carbons (Fsp3) is 0.308. The Bertz CT molecular complexity index is 1160. The number of carbonyl (C=O) groups is 5. The largest absolute Gasteiger partial charge is 0.482 e. The van der Waals surface area contributed by atoms with Crippen LogP contribution in [0.1, 0.15) is 41.5 Å². The van der Waals surface area contributed by atoms with Gasteiger partial charge in [-0.3, -0.25) is 14.9 Å². The summed E-state index contributed by atoms with van der Waals surface area (Å²) < 4.78 is 19.3. The van der Waals surface area contributed by atoms with Crippen LogP contribution in [0.25, 0.3) is 0 Å². The highest BCUT2D eigenvalue weighted by atomic mass is 16.6. The Kier molecular flexibility index (Phi) is 11.4. The number of ether oxygens (including phenoxy) is 4. The Hall–Kier alpha value is -4.74. The van der Waals surface area contributed by atoms with Crippen molar-refractivity contribution in [2.45, 2.75) is 32.9 Å². The lowest BCUT2D eigenvalue weighted by molar-refractivity contribution is -0.149. The van der Waals surface area contributed by atoms with Gasteiger partial charge in [-0.1, -0.05) is 0 Å². The SMILES string of the molecule is CCOC(=O)COc1ccc(C(=O)[C@H](C)NC(=O)c2ccc(N=CNC(=O)O[C@@H](C)C(=O)OC)cc2)cc1. The Balaban J connectivity index is 1.86. The van der Waals surface area contributed by atoms with Gasteiger partial charge in [0.25, 0.3) is 5.91 Å². The second-order valence-electron chi connectivity index (χ2n) is 7.70. The molecule has 0 heterocycles. The van der Waals surface area contributed by atoms with Crippen molar-refractivity contribution in [2.24, 2.45) is 4.99 Å². The highest BCUT2D eigenvalue weighted by molar-refractivity contribution is 6.04. The van der Waals surface area contributed by atoms with E-state index in [2.05, 4.69) is 20.4 Å². The van der Waals surface area contributed by atoms with Gasteiger partial charge in [0.2, 0.25) is 0 Å². The highest BCUT2D eigenvalue weighted by Crippen LogP contribution is 2.15. The lowest BCUT2D eigenvalue weighted by Crippen LogP contribution is -2.38. The van der Waals surface area contributed by atoms with Crippen molar-refractivity contribution in [3.05, 3.63) is 59.7 Å². The minimum absolute atomic E-state index is 0.239. The van der Waals surface area contributed by atoms with E-state index in [9.17, 15) is 24.0 Å². The van der Waals surface area contributed by atoms with Crippen LogP contribution in [-0.2, 0) is 23.8 Å². The quantitative estimate of drug-likeness (QED) is 0.139. The fourth-order valence-corrected chi connectivity index (χ4v) is 2.92. The summed E-state index contributed by atoms with van der Waals surface area (Å²) in [4.78, 5) is 63.5. The van der Waals surface area contributed by atoms with Crippen LogP contribution in [0.15, 0.2) is 53.5 Å². The molecule has 2 rings (SSSR count). The molecular formula is C26H29N3O9. The molecule has 0 saturated heterocycles. The molecule has 0 saturated carbocycles. The van der Waals surface area contributed by atoms with Crippen LogP contribution in [0.2, 0.25) is 0 Å². The Morgan fingerprint density at radius 2 is 1.58 bits per heavy atom. The summed E-state index contributed by atoms with van der Waals surface area (Å²) >= 11 is 0. The molecule has 0 aromatic heterocycles. The first-order valence-electron chi connectivity index (χ1n) is 11.6. The standard InChI is InChI=1S/C26H29N3O9/c1-5-36-22(30)14-37-21-12-8-18(9-13-21)23(31)16(2)29-24(32)19-6-10-20(11-7-19)27-15-28-26(34)38-17(3)25(33)35-4/h6-13,15-17H,5,14H2,1-4H3,(H,29,32)(H,27,28,34)/t16-,17-/m0/s1. The average Bonchev–Trinajstić information content (AvgIpc) is 2.91. The number of alkyl carbamates (subject to hydrolysis) is 1. The summed E-state index contributed by atoms with van der Waals surface area (Å²) in [6, 6.07) is 11.5. The molecule has 2 aromatic carbocycles. The van der Waals surface area contributed by atoms with Crippen molar-refractivity contribution in [1.82, 2.24) is 10.6 Å². The molecule has 202 valence electrons. The fourth-order valence-electron chi connectivity index (χ4n) is 2.92. The van der Waals surface area contributed by atoms with E-state index in [0.29, 0.717) is 22.6 Å². The van der Waals surface area contributed by atoms with Gasteiger partial charge in [-0.2, -0.15) is 0 Å². The summed E-state index contributed by atoms with van der Waals surface area (Å²) in [5.74, 6) is -1.56. The Morgan fingerprint density at radius 1 is 0.947 bits per heavy atom. The summed E-state index contributed by atoms with van der Waals surface area (Å²) in [5.41, 5.74) is 1.08. The van der Waals surface area contributed by atoms with Crippen LogP contribution in [0, 0.1) is 0 Å². The van der Waals surface area contributed by atoms with E-state index in [1.807, 2.05) is 0 Å². The maximum atomic E-state index is 12.7. The van der Waals surface area contributed by atoms with Crippen LogP contribution in [-0.4, -0.2) is 68.5 Å². The van der Waals surface area contributed by atoms with Gasteiger partial charge < -0.3 is 24.3 Å². The number of Topliss-reactive ketones (excluding diaryl/α,β-unsaturated/α-hetero) is 1. The monoisotopic (exact) mass is 527 g/mol. The highest BCUT2D eigenvalue weighted by Gasteiger charge is 2.19. The van der Waals surface area contributed by atoms with Gasteiger partial charge in [-0.05, 0) is 69.3 Å². The molecule has 38 heavy (non-hydrogen) atoms. The van der Waals surface area contributed by atoms with Crippen LogP contribution in [0.3, 0.4) is 0 Å². The molecule has 0 fully saturated rings. The maximum absolute atomic E-state index is 12.7. The molecule has 0 unspecified atom stereocenters. The summed E-state index contributed by atoms with van der Waals surface area (Å²) in [5, 5.41) is 4.89. The zero-order valence-corrected chi connectivity index (χ0v) is 21.4. The van der Waals surface area contributed by atoms with Gasteiger partial charge in [0.05, 0.1) is 31.8 Å². The average molecular weight is 528 g/mol. The second-order valence-corrected chi connectivity index (χ2v) is 7.70. The molecule has 12 heteroatoms. The van der Waals surface area contributed by atoms with E-state index in [1.165, 1.54) is 50.4 Å². The first kappa shape index (κ1) is 29.5. The summed E-state index contributed by atoms with van der Waals surface area (Å²) in [7, 11) is 1.18. The van der Waals surface area contributed by atoms with Crippen molar-refractivity contribution in [3.8, 4) is 5.75 Å². The number of nitrogens with one attached hydrogen (secondary N) is 2. The van der Waals surface area contributed by atoms with E-state index in [0.717, 1.165) is 6.34 Å². The van der Waals surface area contributed by atoms with E-state index < -0.39 is 36.1 Å². The van der Waals surface area contributed by atoms with Gasteiger partial charge in [0.15, 0.2) is 18.5 Å². The molecule has 0 bridgehead atoms. The number of carbonyl (C=O) groups excluding carboxylic acids is 5. The molecule has 2 atom stereocenters. The van der Waals surface area contributed by atoms with Crippen molar-refractivity contribution < 1.29 is 42.9 Å². The predicted octanol–water partition coefficient (Wildman–Crippen LogP) is 2.58. The number of amides is 2. The number of benzene rings is 2. The smallest absolute Gasteiger partial charge is 0.413 e. The zero-order valence-electron chi connectivity index (χ0n) is 21.4. The third-order valence-corrected chi connectivity index (χ3v) is 4.88. The van der Waals surface area contributed by atoms with Gasteiger partial charge in [0.1, 0.15) is 5.75 Å². The number of ketones is 1. The molecule has 0 aliphatic carbocycles. The number of nitrogens with zero attached hydrogens (tertiary/aromatic N) is 1. The normalized spacial score (nSPS) is 12.1.